The Morgan fingerprint density at radius 3 is 2.55 bits per heavy atom. The van der Waals surface area contributed by atoms with Gasteiger partial charge in [-0.1, -0.05) is 6.92 Å². The Morgan fingerprint density at radius 1 is 1.64 bits per heavy atom. The number of hydrogen-bond donors (Lipinski definition) is 1. The van der Waals surface area contributed by atoms with Crippen molar-refractivity contribution in [2.45, 2.75) is 20.1 Å². The smallest absolute Gasteiger partial charge is 0.205 e. The van der Waals surface area contributed by atoms with Gasteiger partial charge in [0.05, 0.1) is 12.4 Å². The number of methoxy groups -OCH3 is 1. The number of allylic oxidation sites excluding steroid dienone is 1. The molecular weight excluding hydrogens is 144 g/mol. The Morgan fingerprint density at radius 2 is 2.27 bits per heavy atom. The first-order valence-corrected chi connectivity index (χ1v) is 3.70. The lowest BCUT2D eigenvalue weighted by Crippen LogP contribution is -2.18. The van der Waals surface area contributed by atoms with Crippen molar-refractivity contribution < 1.29 is 14.6 Å². The van der Waals surface area contributed by atoms with E-state index in [1.807, 2.05) is 13.8 Å². The van der Waals surface area contributed by atoms with Gasteiger partial charge in [0, 0.05) is 18.6 Å². The second kappa shape index (κ2) is 3.24. The van der Waals surface area contributed by atoms with Crippen LogP contribution in [0.5, 0.6) is 0 Å². The third-order valence-electron chi connectivity index (χ3n) is 2.11. The third kappa shape index (κ3) is 1.39. The number of aliphatic hydroxyl groups excluding tert-OH is 1. The zero-order valence-electron chi connectivity index (χ0n) is 7.13. The van der Waals surface area contributed by atoms with Gasteiger partial charge in [0.1, 0.15) is 0 Å². The van der Waals surface area contributed by atoms with E-state index in [2.05, 4.69) is 0 Å². The van der Waals surface area contributed by atoms with Crippen LogP contribution in [-0.2, 0) is 9.47 Å². The molecule has 1 aliphatic rings. The predicted molar refractivity (Wildman–Crippen MR) is 40.8 cm³/mol. The summed E-state index contributed by atoms with van der Waals surface area (Å²) < 4.78 is 10.4. The molecule has 0 spiro atoms. The van der Waals surface area contributed by atoms with Crippen molar-refractivity contribution in [2.24, 2.45) is 5.92 Å². The molecule has 3 heteroatoms. The summed E-state index contributed by atoms with van der Waals surface area (Å²) in [6.07, 6.45) is -0.211. The maximum atomic E-state index is 8.93. The van der Waals surface area contributed by atoms with Crippen LogP contribution in [0.15, 0.2) is 11.3 Å². The molecule has 2 atom stereocenters. The summed E-state index contributed by atoms with van der Waals surface area (Å²) in [4.78, 5) is 0. The highest BCUT2D eigenvalue weighted by Crippen LogP contribution is 2.30. The molecule has 0 aromatic rings. The van der Waals surface area contributed by atoms with Crippen molar-refractivity contribution in [2.75, 3.05) is 13.7 Å². The molecule has 64 valence electrons. The fourth-order valence-corrected chi connectivity index (χ4v) is 1.34. The van der Waals surface area contributed by atoms with Gasteiger partial charge < -0.3 is 14.6 Å². The first-order chi connectivity index (χ1) is 5.20. The normalized spacial score (nSPS) is 30.9. The number of rotatable bonds is 2. The Balaban J connectivity index is 2.69. The van der Waals surface area contributed by atoms with Crippen LogP contribution in [-0.4, -0.2) is 25.1 Å². The van der Waals surface area contributed by atoms with Gasteiger partial charge in [-0.15, -0.1) is 0 Å². The molecule has 0 saturated carbocycles. The van der Waals surface area contributed by atoms with E-state index in [0.29, 0.717) is 0 Å². The van der Waals surface area contributed by atoms with Crippen LogP contribution >= 0.6 is 0 Å². The summed E-state index contributed by atoms with van der Waals surface area (Å²) in [7, 11) is 1.61. The molecule has 0 aromatic carbocycles. The lowest BCUT2D eigenvalue weighted by Gasteiger charge is -2.14. The van der Waals surface area contributed by atoms with E-state index in [-0.39, 0.29) is 18.8 Å². The van der Waals surface area contributed by atoms with Crippen LogP contribution in [0.3, 0.4) is 0 Å². The molecule has 0 amide bonds. The van der Waals surface area contributed by atoms with Crippen LogP contribution in [0.1, 0.15) is 13.8 Å². The van der Waals surface area contributed by atoms with Gasteiger partial charge in [-0.3, -0.25) is 0 Å². The molecule has 0 aromatic heterocycles. The Bertz CT molecular complexity index is 174. The standard InChI is InChI=1S/C8H14O3/c1-5-7(4-9)6(2)11-8(5)10-3/h5,8-9H,4H2,1-3H3/t5-,8-/m0/s1. The van der Waals surface area contributed by atoms with Crippen molar-refractivity contribution in [3.05, 3.63) is 11.3 Å². The molecule has 1 heterocycles. The maximum Gasteiger partial charge on any atom is 0.205 e. The van der Waals surface area contributed by atoms with Crippen LogP contribution in [0.4, 0.5) is 0 Å². The fraction of sp³-hybridized carbons (Fsp3) is 0.750. The average molecular weight is 158 g/mol. The molecule has 0 fully saturated rings. The number of aliphatic hydroxyl groups is 1. The van der Waals surface area contributed by atoms with Crippen LogP contribution < -0.4 is 0 Å². The average Bonchev–Trinajstić information content (AvgIpc) is 2.26. The highest BCUT2D eigenvalue weighted by molar-refractivity contribution is 5.15. The van der Waals surface area contributed by atoms with Crippen LogP contribution in [0.25, 0.3) is 0 Å². The summed E-state index contributed by atoms with van der Waals surface area (Å²) >= 11 is 0. The molecule has 0 radical (unpaired) electrons. The highest BCUT2D eigenvalue weighted by atomic mass is 16.7. The van der Waals surface area contributed by atoms with E-state index in [9.17, 15) is 0 Å². The van der Waals surface area contributed by atoms with Crippen molar-refractivity contribution in [3.63, 3.8) is 0 Å². The highest BCUT2D eigenvalue weighted by Gasteiger charge is 2.30. The largest absolute Gasteiger partial charge is 0.469 e. The first-order valence-electron chi connectivity index (χ1n) is 3.70. The summed E-state index contributed by atoms with van der Waals surface area (Å²) in [5.41, 5.74) is 0.942. The molecule has 11 heavy (non-hydrogen) atoms. The molecular formula is C8H14O3. The van der Waals surface area contributed by atoms with Crippen molar-refractivity contribution in [1.29, 1.82) is 0 Å². The van der Waals surface area contributed by atoms with Gasteiger partial charge in [0.2, 0.25) is 6.29 Å². The minimum Gasteiger partial charge on any atom is -0.469 e. The molecule has 1 N–H and O–H groups in total. The van der Waals surface area contributed by atoms with Crippen molar-refractivity contribution >= 4 is 0 Å². The van der Waals surface area contributed by atoms with Gasteiger partial charge in [0.25, 0.3) is 0 Å². The van der Waals surface area contributed by atoms with E-state index < -0.39 is 0 Å². The van der Waals surface area contributed by atoms with Gasteiger partial charge >= 0.3 is 0 Å². The molecule has 0 saturated heterocycles. The van der Waals surface area contributed by atoms with Crippen LogP contribution in [0, 0.1) is 5.92 Å². The topological polar surface area (TPSA) is 38.7 Å². The quantitative estimate of drug-likeness (QED) is 0.648. The van der Waals surface area contributed by atoms with Gasteiger partial charge in [-0.2, -0.15) is 0 Å². The van der Waals surface area contributed by atoms with E-state index in [1.165, 1.54) is 0 Å². The summed E-state index contributed by atoms with van der Waals surface area (Å²) in [6, 6.07) is 0. The summed E-state index contributed by atoms with van der Waals surface area (Å²) in [5.74, 6) is 0.969. The second-order valence-corrected chi connectivity index (χ2v) is 2.75. The molecule has 0 aliphatic carbocycles. The second-order valence-electron chi connectivity index (χ2n) is 2.75. The zero-order valence-corrected chi connectivity index (χ0v) is 7.13. The SMILES string of the molecule is CO[C@H]1OC(C)=C(CO)[C@@H]1C. The van der Waals surface area contributed by atoms with E-state index >= 15 is 0 Å². The van der Waals surface area contributed by atoms with E-state index in [4.69, 9.17) is 14.6 Å². The first kappa shape index (κ1) is 8.56. The molecule has 0 bridgehead atoms. The number of ether oxygens (including phenoxy) is 2. The van der Waals surface area contributed by atoms with E-state index in [1.54, 1.807) is 7.11 Å². The molecule has 1 aliphatic heterocycles. The summed E-state index contributed by atoms with van der Waals surface area (Å²) in [5, 5.41) is 8.93. The van der Waals surface area contributed by atoms with Gasteiger partial charge in [0.15, 0.2) is 0 Å². The molecule has 3 nitrogen and oxygen atoms in total. The van der Waals surface area contributed by atoms with Gasteiger partial charge in [-0.25, -0.2) is 0 Å². The Hall–Kier alpha value is -0.540. The molecule has 1 rings (SSSR count). The van der Waals surface area contributed by atoms with Crippen molar-refractivity contribution in [1.82, 2.24) is 0 Å². The van der Waals surface area contributed by atoms with E-state index in [0.717, 1.165) is 11.3 Å². The zero-order chi connectivity index (χ0) is 8.43. The maximum absolute atomic E-state index is 8.93. The lowest BCUT2D eigenvalue weighted by atomic mass is 10.0. The third-order valence-corrected chi connectivity index (χ3v) is 2.11. The Labute approximate surface area is 66.6 Å². The van der Waals surface area contributed by atoms with Gasteiger partial charge in [-0.05, 0) is 6.92 Å². The molecule has 0 unspecified atom stereocenters. The minimum absolute atomic E-state index is 0.0624. The monoisotopic (exact) mass is 158 g/mol. The minimum atomic E-state index is -0.211. The summed E-state index contributed by atoms with van der Waals surface area (Å²) in [6.45, 7) is 3.89. The number of hydrogen-bond acceptors (Lipinski definition) is 3. The fourth-order valence-electron chi connectivity index (χ4n) is 1.34. The Kier molecular flexibility index (Phi) is 2.52. The van der Waals surface area contributed by atoms with Crippen LogP contribution in [0.2, 0.25) is 0 Å². The predicted octanol–water partition coefficient (Wildman–Crippen LogP) is 0.891. The van der Waals surface area contributed by atoms with Crippen molar-refractivity contribution in [3.8, 4) is 0 Å². The lowest BCUT2D eigenvalue weighted by molar-refractivity contribution is -0.0978.